The minimum Gasteiger partial charge on any atom is -0.481 e. The van der Waals surface area contributed by atoms with Crippen LogP contribution < -0.4 is 0 Å². The molecule has 1 atom stereocenters. The molecule has 5 nitrogen and oxygen atoms in total. The average molecular weight is 289 g/mol. The monoisotopic (exact) mass is 289 g/mol. The number of carbonyl (C=O) groups is 2. The molecule has 3 rings (SSSR count). The Balaban J connectivity index is 1.52. The second kappa shape index (κ2) is 5.39. The van der Waals surface area contributed by atoms with Crippen molar-refractivity contribution in [1.29, 1.82) is 0 Å². The summed E-state index contributed by atoms with van der Waals surface area (Å²) in [5.74, 6) is -0.647. The van der Waals surface area contributed by atoms with E-state index in [2.05, 4.69) is 0 Å². The first-order chi connectivity index (χ1) is 10.1. The Labute approximate surface area is 123 Å². The van der Waals surface area contributed by atoms with Crippen LogP contribution in [0.2, 0.25) is 0 Å². The van der Waals surface area contributed by atoms with Crippen molar-refractivity contribution in [2.45, 2.75) is 25.9 Å². The summed E-state index contributed by atoms with van der Waals surface area (Å²) in [5, 5.41) is 9.31. The summed E-state index contributed by atoms with van der Waals surface area (Å²) in [6.45, 7) is 1.35. The normalized spacial score (nSPS) is 22.9. The molecule has 1 amide bonds. The molecule has 112 valence electrons. The molecule has 1 aromatic carbocycles. The third-order valence-electron chi connectivity index (χ3n) is 4.65. The molecular formula is C16H19NO4. The van der Waals surface area contributed by atoms with E-state index >= 15 is 0 Å². The molecule has 2 fully saturated rings. The lowest BCUT2D eigenvalue weighted by Gasteiger charge is -2.19. The van der Waals surface area contributed by atoms with Crippen molar-refractivity contribution < 1.29 is 19.4 Å². The van der Waals surface area contributed by atoms with Crippen LogP contribution in [0.4, 0.5) is 4.79 Å². The average Bonchev–Trinajstić information content (AvgIpc) is 3.17. The lowest BCUT2D eigenvalue weighted by Crippen LogP contribution is -2.32. The summed E-state index contributed by atoms with van der Waals surface area (Å²) >= 11 is 0. The van der Waals surface area contributed by atoms with Gasteiger partial charge in [0.15, 0.2) is 0 Å². The zero-order valence-corrected chi connectivity index (χ0v) is 11.8. The van der Waals surface area contributed by atoms with Crippen LogP contribution in [0.1, 0.15) is 24.8 Å². The van der Waals surface area contributed by atoms with Gasteiger partial charge in [-0.25, -0.2) is 4.79 Å². The van der Waals surface area contributed by atoms with Gasteiger partial charge in [-0.05, 0) is 30.7 Å². The lowest BCUT2D eigenvalue weighted by molar-refractivity contribution is -0.145. The van der Waals surface area contributed by atoms with Crippen LogP contribution in [0.25, 0.3) is 0 Å². The van der Waals surface area contributed by atoms with Crippen LogP contribution >= 0.6 is 0 Å². The van der Waals surface area contributed by atoms with Crippen molar-refractivity contribution in [2.75, 3.05) is 13.1 Å². The summed E-state index contributed by atoms with van der Waals surface area (Å²) in [5.41, 5.74) is 0.375. The highest BCUT2D eigenvalue weighted by Crippen LogP contribution is 2.55. The maximum atomic E-state index is 12.0. The molecular weight excluding hydrogens is 270 g/mol. The number of hydrogen-bond acceptors (Lipinski definition) is 3. The van der Waals surface area contributed by atoms with Crippen molar-refractivity contribution in [3.05, 3.63) is 35.9 Å². The number of carbonyl (C=O) groups excluding carboxylic acids is 1. The predicted molar refractivity (Wildman–Crippen MR) is 75.6 cm³/mol. The second-order valence-electron chi connectivity index (χ2n) is 5.93. The minimum atomic E-state index is -0.716. The van der Waals surface area contributed by atoms with E-state index in [0.29, 0.717) is 13.1 Å². The van der Waals surface area contributed by atoms with Gasteiger partial charge in [-0.15, -0.1) is 0 Å². The standard InChI is InChI=1S/C16H19NO4/c18-14(19)16(7-8-16)13-6-9-17(10-13)15(20)21-11-12-4-2-1-3-5-12/h1-5,13H,6-11H2,(H,18,19)/t13-/m1/s1. The fraction of sp³-hybridized carbons (Fsp3) is 0.500. The number of likely N-dealkylation sites (tertiary alicyclic amines) is 1. The number of rotatable bonds is 4. The Bertz CT molecular complexity index is 538. The number of hydrogen-bond donors (Lipinski definition) is 1. The van der Waals surface area contributed by atoms with Crippen molar-refractivity contribution >= 4 is 12.1 Å². The molecule has 1 aromatic rings. The highest BCUT2D eigenvalue weighted by atomic mass is 16.6. The Morgan fingerprint density at radius 2 is 2.00 bits per heavy atom. The van der Waals surface area contributed by atoms with Crippen molar-refractivity contribution in [3.63, 3.8) is 0 Å². The van der Waals surface area contributed by atoms with Crippen molar-refractivity contribution in [1.82, 2.24) is 4.90 Å². The number of benzene rings is 1. The third kappa shape index (κ3) is 2.73. The Hall–Kier alpha value is -2.04. The summed E-state index contributed by atoms with van der Waals surface area (Å²) in [6.07, 6.45) is 1.88. The number of nitrogens with zero attached hydrogens (tertiary/aromatic N) is 1. The van der Waals surface area contributed by atoms with Crippen LogP contribution in [0.3, 0.4) is 0 Å². The quantitative estimate of drug-likeness (QED) is 0.925. The van der Waals surface area contributed by atoms with Gasteiger partial charge in [-0.1, -0.05) is 30.3 Å². The zero-order chi connectivity index (χ0) is 14.9. The molecule has 0 radical (unpaired) electrons. The topological polar surface area (TPSA) is 66.8 Å². The summed E-state index contributed by atoms with van der Waals surface area (Å²) in [4.78, 5) is 25.0. The van der Waals surface area contributed by atoms with Gasteiger partial charge < -0.3 is 14.7 Å². The van der Waals surface area contributed by atoms with Crippen LogP contribution in [-0.2, 0) is 16.1 Å². The Kier molecular flexibility index (Phi) is 3.57. The molecule has 2 aliphatic rings. The van der Waals surface area contributed by atoms with E-state index in [1.54, 1.807) is 4.90 Å². The SMILES string of the molecule is O=C(OCc1ccccc1)N1CC[C@@H](C2(C(=O)O)CC2)C1. The molecule has 0 aromatic heterocycles. The van der Waals surface area contributed by atoms with E-state index in [-0.39, 0.29) is 18.6 Å². The molecule has 1 saturated heterocycles. The lowest BCUT2D eigenvalue weighted by atomic mass is 9.88. The van der Waals surface area contributed by atoms with Gasteiger partial charge in [-0.3, -0.25) is 4.79 Å². The summed E-state index contributed by atoms with van der Waals surface area (Å²) in [6, 6.07) is 9.53. The zero-order valence-electron chi connectivity index (χ0n) is 11.8. The molecule has 1 saturated carbocycles. The first-order valence-electron chi connectivity index (χ1n) is 7.31. The number of carboxylic acid groups (broad SMARTS) is 1. The van der Waals surface area contributed by atoms with Gasteiger partial charge in [0, 0.05) is 13.1 Å². The van der Waals surface area contributed by atoms with Gasteiger partial charge in [0.2, 0.25) is 0 Å². The highest BCUT2D eigenvalue weighted by Gasteiger charge is 2.57. The van der Waals surface area contributed by atoms with E-state index in [1.807, 2.05) is 30.3 Å². The molecule has 5 heteroatoms. The summed E-state index contributed by atoms with van der Waals surface area (Å²) in [7, 11) is 0. The van der Waals surface area contributed by atoms with Crippen LogP contribution in [0.5, 0.6) is 0 Å². The van der Waals surface area contributed by atoms with E-state index in [4.69, 9.17) is 4.74 Å². The largest absolute Gasteiger partial charge is 0.481 e. The molecule has 0 spiro atoms. The fourth-order valence-corrected chi connectivity index (χ4v) is 3.12. The van der Waals surface area contributed by atoms with Crippen LogP contribution in [0, 0.1) is 11.3 Å². The maximum absolute atomic E-state index is 12.0. The second-order valence-corrected chi connectivity index (χ2v) is 5.93. The van der Waals surface area contributed by atoms with Gasteiger partial charge >= 0.3 is 12.1 Å². The van der Waals surface area contributed by atoms with Crippen molar-refractivity contribution in [3.8, 4) is 0 Å². The molecule has 1 heterocycles. The minimum absolute atomic E-state index is 0.0688. The van der Waals surface area contributed by atoms with Crippen LogP contribution in [0.15, 0.2) is 30.3 Å². The first kappa shape index (κ1) is 13.9. The molecule has 1 aliphatic heterocycles. The van der Waals surface area contributed by atoms with E-state index in [0.717, 1.165) is 24.8 Å². The summed E-state index contributed by atoms with van der Waals surface area (Å²) < 4.78 is 5.29. The number of aliphatic carboxylic acids is 1. The van der Waals surface area contributed by atoms with E-state index < -0.39 is 11.4 Å². The Morgan fingerprint density at radius 1 is 1.29 bits per heavy atom. The molecule has 1 aliphatic carbocycles. The van der Waals surface area contributed by atoms with Gasteiger partial charge in [-0.2, -0.15) is 0 Å². The molecule has 0 unspecified atom stereocenters. The van der Waals surface area contributed by atoms with E-state index in [9.17, 15) is 14.7 Å². The van der Waals surface area contributed by atoms with Gasteiger partial charge in [0.05, 0.1) is 5.41 Å². The predicted octanol–water partition coefficient (Wildman–Crippen LogP) is 2.51. The molecule has 1 N–H and O–H groups in total. The van der Waals surface area contributed by atoms with Crippen LogP contribution in [-0.4, -0.2) is 35.2 Å². The van der Waals surface area contributed by atoms with Gasteiger partial charge in [0.25, 0.3) is 0 Å². The third-order valence-corrected chi connectivity index (χ3v) is 4.65. The first-order valence-corrected chi connectivity index (χ1v) is 7.31. The number of carboxylic acids is 1. The molecule has 21 heavy (non-hydrogen) atoms. The smallest absolute Gasteiger partial charge is 0.410 e. The maximum Gasteiger partial charge on any atom is 0.410 e. The molecule has 0 bridgehead atoms. The fourth-order valence-electron chi connectivity index (χ4n) is 3.12. The number of ether oxygens (including phenoxy) is 1. The van der Waals surface area contributed by atoms with E-state index in [1.165, 1.54) is 0 Å². The van der Waals surface area contributed by atoms with Crippen molar-refractivity contribution in [2.24, 2.45) is 11.3 Å². The van der Waals surface area contributed by atoms with Gasteiger partial charge in [0.1, 0.15) is 6.61 Å². The highest BCUT2D eigenvalue weighted by molar-refractivity contribution is 5.78. The Morgan fingerprint density at radius 3 is 2.62 bits per heavy atom. The number of amides is 1.